The van der Waals surface area contributed by atoms with Crippen LogP contribution in [-0.4, -0.2) is 72.7 Å². The number of ketones is 1. The molecule has 11 heteroatoms. The Bertz CT molecular complexity index is 829. The van der Waals surface area contributed by atoms with E-state index < -0.39 is 35.2 Å². The van der Waals surface area contributed by atoms with Gasteiger partial charge in [-0.1, -0.05) is 68.2 Å². The molecule has 1 aliphatic rings. The molecule has 0 aromatic carbocycles. The van der Waals surface area contributed by atoms with Gasteiger partial charge in [-0.15, -0.1) is 0 Å². The van der Waals surface area contributed by atoms with Gasteiger partial charge in [0.05, 0.1) is 6.04 Å². The second-order valence-electron chi connectivity index (χ2n) is 12.3. The summed E-state index contributed by atoms with van der Waals surface area (Å²) in [6.45, 7) is 16.2. The summed E-state index contributed by atoms with van der Waals surface area (Å²) in [5, 5.41) is 8.32. The quantitative estimate of drug-likeness (QED) is 0.162. The van der Waals surface area contributed by atoms with E-state index in [1.165, 1.54) is 0 Å². The summed E-state index contributed by atoms with van der Waals surface area (Å²) in [6, 6.07) is -2.34. The maximum Gasteiger partial charge on any atom is 0.315 e. The fourth-order valence-corrected chi connectivity index (χ4v) is 3.93. The van der Waals surface area contributed by atoms with Crippen LogP contribution in [0.1, 0.15) is 93.9 Å². The first-order chi connectivity index (χ1) is 18.0. The molecule has 0 aliphatic heterocycles. The third-order valence-corrected chi connectivity index (χ3v) is 6.66. The largest absolute Gasteiger partial charge is 0.363 e. The third-order valence-electron chi connectivity index (χ3n) is 6.66. The number of hydrogen-bond acceptors (Lipinski definition) is 6. The number of rotatable bonds is 14. The highest BCUT2D eigenvalue weighted by atomic mass is 16.2. The van der Waals surface area contributed by atoms with Crippen molar-refractivity contribution in [1.82, 2.24) is 20.9 Å². The van der Waals surface area contributed by atoms with Crippen LogP contribution in [0.4, 0.5) is 4.79 Å². The van der Waals surface area contributed by atoms with Crippen molar-refractivity contribution in [1.29, 1.82) is 0 Å². The standard InChI is InChI=1S/C26H48N6O5.C2H6/c1-25(2,3)18(15-27)30-24(37)31-21(26(4,5)6)23(36)32(7)13-9-8-10-19(33)29-17(14-16-11-12-16)20(34)22(28)35;1-2/h16-18,21H,8-15,27H2,1-7H3,(H2,28,35)(H,29,33)(H2,30,31,37);1-2H3. The number of nitrogens with two attached hydrogens (primary N) is 2. The molecule has 0 heterocycles. The Hall–Kier alpha value is -2.69. The van der Waals surface area contributed by atoms with Crippen LogP contribution in [0.25, 0.3) is 0 Å². The predicted octanol–water partition coefficient (Wildman–Crippen LogP) is 2.07. The van der Waals surface area contributed by atoms with Crippen LogP contribution in [0, 0.1) is 16.7 Å². The van der Waals surface area contributed by atoms with Gasteiger partial charge in [-0.05, 0) is 36.0 Å². The van der Waals surface area contributed by atoms with Crippen molar-refractivity contribution < 1.29 is 24.0 Å². The van der Waals surface area contributed by atoms with Crippen molar-refractivity contribution >= 4 is 29.5 Å². The minimum Gasteiger partial charge on any atom is -0.363 e. The Balaban J connectivity index is 0.00000704. The molecule has 39 heavy (non-hydrogen) atoms. The molecule has 0 saturated heterocycles. The number of nitrogens with one attached hydrogen (secondary N) is 3. The minimum absolute atomic E-state index is 0.159. The molecular formula is C28H54N6O5. The lowest BCUT2D eigenvalue weighted by Gasteiger charge is -2.35. The summed E-state index contributed by atoms with van der Waals surface area (Å²) < 4.78 is 0. The normalized spacial score (nSPS) is 15.5. The zero-order valence-electron chi connectivity index (χ0n) is 25.6. The molecule has 226 valence electrons. The molecule has 1 rings (SSSR count). The molecule has 5 amide bonds. The third kappa shape index (κ3) is 13.8. The van der Waals surface area contributed by atoms with Crippen molar-refractivity contribution in [3.63, 3.8) is 0 Å². The van der Waals surface area contributed by atoms with Gasteiger partial charge in [0, 0.05) is 32.6 Å². The summed E-state index contributed by atoms with van der Waals surface area (Å²) in [4.78, 5) is 63.1. The van der Waals surface area contributed by atoms with Gasteiger partial charge in [0.2, 0.25) is 17.6 Å². The molecule has 0 radical (unpaired) electrons. The zero-order chi connectivity index (χ0) is 30.6. The molecule has 3 unspecified atom stereocenters. The Morgan fingerprint density at radius 2 is 1.46 bits per heavy atom. The first-order valence-electron chi connectivity index (χ1n) is 14.1. The van der Waals surface area contributed by atoms with Crippen molar-refractivity contribution in [3.05, 3.63) is 0 Å². The van der Waals surface area contributed by atoms with Gasteiger partial charge in [0.25, 0.3) is 5.91 Å². The number of carbonyl (C=O) groups is 5. The Morgan fingerprint density at radius 1 is 0.897 bits per heavy atom. The van der Waals surface area contributed by atoms with Crippen molar-refractivity contribution in [2.75, 3.05) is 20.1 Å². The number of carbonyl (C=O) groups excluding carboxylic acids is 5. The summed E-state index contributed by atoms with van der Waals surface area (Å²) in [7, 11) is 1.66. The Labute approximate surface area is 234 Å². The first-order valence-corrected chi connectivity index (χ1v) is 14.1. The average molecular weight is 555 g/mol. The second-order valence-corrected chi connectivity index (χ2v) is 12.3. The van der Waals surface area contributed by atoms with Crippen LogP contribution in [0.3, 0.4) is 0 Å². The van der Waals surface area contributed by atoms with E-state index in [-0.39, 0.29) is 36.2 Å². The monoisotopic (exact) mass is 554 g/mol. The predicted molar refractivity (Wildman–Crippen MR) is 154 cm³/mol. The molecule has 1 aliphatic carbocycles. The summed E-state index contributed by atoms with van der Waals surface area (Å²) in [6.07, 6.45) is 3.59. The molecule has 11 nitrogen and oxygen atoms in total. The topological polar surface area (TPSA) is 177 Å². The molecule has 1 fully saturated rings. The number of nitrogens with zero attached hydrogens (tertiary/aromatic N) is 1. The number of amides is 5. The van der Waals surface area contributed by atoms with E-state index >= 15 is 0 Å². The molecule has 0 bridgehead atoms. The molecule has 0 aromatic heterocycles. The van der Waals surface area contributed by atoms with Crippen molar-refractivity contribution in [2.24, 2.45) is 28.2 Å². The lowest BCUT2D eigenvalue weighted by Crippen LogP contribution is -2.59. The van der Waals surface area contributed by atoms with Gasteiger partial charge in [0.1, 0.15) is 6.04 Å². The molecule has 0 spiro atoms. The summed E-state index contributed by atoms with van der Waals surface area (Å²) in [5.74, 6) is -2.03. The summed E-state index contributed by atoms with van der Waals surface area (Å²) in [5.41, 5.74) is 10.2. The van der Waals surface area contributed by atoms with E-state index in [0.717, 1.165) is 12.8 Å². The smallest absolute Gasteiger partial charge is 0.315 e. The van der Waals surface area contributed by atoms with Gasteiger partial charge in [0.15, 0.2) is 0 Å². The molecule has 0 aromatic rings. The van der Waals surface area contributed by atoms with Gasteiger partial charge in [-0.2, -0.15) is 0 Å². The van der Waals surface area contributed by atoms with E-state index in [1.54, 1.807) is 11.9 Å². The van der Waals surface area contributed by atoms with E-state index in [1.807, 2.05) is 55.4 Å². The highest BCUT2D eigenvalue weighted by Crippen LogP contribution is 2.33. The SMILES string of the molecule is CC.CN(CCCCC(=O)NC(CC1CC1)C(=O)C(N)=O)C(=O)C(NC(=O)NC(CN)C(C)(C)C)C(C)(C)C. The number of hydrogen-bond donors (Lipinski definition) is 5. The molecule has 3 atom stereocenters. The fourth-order valence-electron chi connectivity index (χ4n) is 3.93. The van der Waals surface area contributed by atoms with Crippen molar-refractivity contribution in [3.8, 4) is 0 Å². The van der Waals surface area contributed by atoms with E-state index in [4.69, 9.17) is 11.5 Å². The van der Waals surface area contributed by atoms with E-state index in [9.17, 15) is 24.0 Å². The van der Waals surface area contributed by atoms with Gasteiger partial charge in [-0.25, -0.2) is 4.79 Å². The summed E-state index contributed by atoms with van der Waals surface area (Å²) >= 11 is 0. The number of primary amides is 1. The number of Topliss-reactive ketones (excluding diaryl/α,β-unsaturated/α-hetero) is 1. The number of urea groups is 1. The van der Waals surface area contributed by atoms with Crippen LogP contribution in [-0.2, 0) is 19.2 Å². The fraction of sp³-hybridized carbons (Fsp3) is 0.821. The highest BCUT2D eigenvalue weighted by Gasteiger charge is 2.36. The Kier molecular flexibility index (Phi) is 15.3. The van der Waals surface area contributed by atoms with E-state index in [0.29, 0.717) is 31.7 Å². The maximum absolute atomic E-state index is 13.2. The van der Waals surface area contributed by atoms with Crippen LogP contribution < -0.4 is 27.4 Å². The second kappa shape index (κ2) is 16.4. The van der Waals surface area contributed by atoms with Crippen LogP contribution >= 0.6 is 0 Å². The van der Waals surface area contributed by atoms with Crippen molar-refractivity contribution in [2.45, 2.75) is 112 Å². The van der Waals surface area contributed by atoms with Gasteiger partial charge in [-0.3, -0.25) is 19.2 Å². The van der Waals surface area contributed by atoms with Gasteiger partial charge < -0.3 is 32.3 Å². The number of unbranched alkanes of at least 4 members (excludes halogenated alkanes) is 1. The number of likely N-dealkylation sites (N-methyl/N-ethyl adjacent to an activating group) is 1. The zero-order valence-corrected chi connectivity index (χ0v) is 25.6. The van der Waals surface area contributed by atoms with Crippen LogP contribution in [0.15, 0.2) is 0 Å². The van der Waals surface area contributed by atoms with E-state index in [2.05, 4.69) is 16.0 Å². The molecule has 1 saturated carbocycles. The minimum atomic E-state index is -1.04. The maximum atomic E-state index is 13.2. The van der Waals surface area contributed by atoms with Crippen LogP contribution in [0.5, 0.6) is 0 Å². The lowest BCUT2D eigenvalue weighted by molar-refractivity contribution is -0.138. The molecule has 7 N–H and O–H groups in total. The van der Waals surface area contributed by atoms with Gasteiger partial charge >= 0.3 is 6.03 Å². The lowest BCUT2D eigenvalue weighted by atomic mass is 9.85. The first kappa shape index (κ1) is 36.3. The molecular weight excluding hydrogens is 500 g/mol. The highest BCUT2D eigenvalue weighted by molar-refractivity contribution is 6.37. The van der Waals surface area contributed by atoms with Crippen LogP contribution in [0.2, 0.25) is 0 Å². The Morgan fingerprint density at radius 3 is 1.90 bits per heavy atom. The average Bonchev–Trinajstić information content (AvgIpc) is 3.66.